The highest BCUT2D eigenvalue weighted by Crippen LogP contribution is 2.34. The van der Waals surface area contributed by atoms with Crippen LogP contribution in [0.25, 0.3) is 0 Å². The fraction of sp³-hybridized carbons (Fsp3) is 0.333. The molecule has 2 N–H and O–H groups in total. The normalized spacial score (nSPS) is 14.0. The summed E-state index contributed by atoms with van der Waals surface area (Å²) in [5.74, 6) is 0.250. The van der Waals surface area contributed by atoms with E-state index in [9.17, 15) is 4.39 Å². The molecule has 1 aliphatic rings. The minimum Gasteiger partial charge on any atom is -0.408 e. The van der Waals surface area contributed by atoms with Crippen LogP contribution in [-0.2, 0) is 12.8 Å². The van der Waals surface area contributed by atoms with E-state index in [4.69, 9.17) is 10.2 Å². The fourth-order valence-electron chi connectivity index (χ4n) is 2.13. The molecule has 0 radical (unpaired) electrons. The lowest BCUT2D eigenvalue weighted by molar-refractivity contribution is 0.496. The van der Waals surface area contributed by atoms with Gasteiger partial charge in [0, 0.05) is 19.5 Å². The third-order valence-corrected chi connectivity index (χ3v) is 2.99. The number of benzene rings is 1. The van der Waals surface area contributed by atoms with Gasteiger partial charge in [0.25, 0.3) is 0 Å². The largest absolute Gasteiger partial charge is 0.408 e. The lowest BCUT2D eigenvalue weighted by atomic mass is 10.2. The molecule has 94 valence electrons. The maximum atomic E-state index is 13.3. The van der Waals surface area contributed by atoms with E-state index >= 15 is 0 Å². The van der Waals surface area contributed by atoms with Crippen molar-refractivity contribution in [2.24, 2.45) is 5.73 Å². The van der Waals surface area contributed by atoms with Gasteiger partial charge in [-0.05, 0) is 24.1 Å². The molecule has 0 aliphatic carbocycles. The molecule has 0 bridgehead atoms. The Bertz CT molecular complexity index is 569. The van der Waals surface area contributed by atoms with Crippen molar-refractivity contribution in [2.75, 3.05) is 18.0 Å². The number of fused-ring (bicyclic) bond motifs is 1. The van der Waals surface area contributed by atoms with E-state index in [1.807, 2.05) is 4.90 Å². The summed E-state index contributed by atoms with van der Waals surface area (Å²) in [7, 11) is 0. The van der Waals surface area contributed by atoms with Gasteiger partial charge in [-0.25, -0.2) is 4.39 Å². The van der Waals surface area contributed by atoms with Crippen LogP contribution >= 0.6 is 0 Å². The van der Waals surface area contributed by atoms with E-state index in [1.165, 1.54) is 12.1 Å². The summed E-state index contributed by atoms with van der Waals surface area (Å²) >= 11 is 0. The molecule has 2 aromatic rings. The van der Waals surface area contributed by atoms with E-state index < -0.39 is 0 Å². The third-order valence-electron chi connectivity index (χ3n) is 2.99. The van der Waals surface area contributed by atoms with Crippen molar-refractivity contribution in [3.8, 4) is 0 Å². The summed E-state index contributed by atoms with van der Waals surface area (Å²) in [6, 6.07) is 5.16. The molecule has 1 aromatic heterocycles. The van der Waals surface area contributed by atoms with Crippen LogP contribution in [0.2, 0.25) is 0 Å². The van der Waals surface area contributed by atoms with E-state index in [-0.39, 0.29) is 5.82 Å². The van der Waals surface area contributed by atoms with E-state index in [1.54, 1.807) is 6.07 Å². The first-order valence-corrected chi connectivity index (χ1v) is 5.86. The van der Waals surface area contributed by atoms with Crippen LogP contribution < -0.4 is 10.6 Å². The third kappa shape index (κ3) is 1.84. The lowest BCUT2D eigenvalue weighted by Crippen LogP contribution is -2.13. The standard InChI is InChI=1S/C12H13FN4O/c13-9-2-1-8-4-6-17(10(8)7-9)12-16-15-11(18-12)3-5-14/h1-2,7H,3-6,14H2. The van der Waals surface area contributed by atoms with Gasteiger partial charge >= 0.3 is 6.01 Å². The highest BCUT2D eigenvalue weighted by molar-refractivity contribution is 5.64. The van der Waals surface area contributed by atoms with Crippen molar-refractivity contribution in [2.45, 2.75) is 12.8 Å². The fourth-order valence-corrected chi connectivity index (χ4v) is 2.13. The summed E-state index contributed by atoms with van der Waals surface area (Å²) in [6.07, 6.45) is 1.40. The predicted octanol–water partition coefficient (Wildman–Crippen LogP) is 1.40. The highest BCUT2D eigenvalue weighted by atomic mass is 19.1. The molecular formula is C12H13FN4O. The molecule has 0 saturated carbocycles. The molecule has 0 saturated heterocycles. The molecule has 2 heterocycles. The first-order valence-electron chi connectivity index (χ1n) is 5.86. The monoisotopic (exact) mass is 248 g/mol. The van der Waals surface area contributed by atoms with Gasteiger partial charge in [-0.1, -0.05) is 11.2 Å². The number of hydrogen-bond acceptors (Lipinski definition) is 5. The highest BCUT2D eigenvalue weighted by Gasteiger charge is 2.25. The second kappa shape index (κ2) is 4.38. The minimum absolute atomic E-state index is 0.262. The average molecular weight is 248 g/mol. The van der Waals surface area contributed by atoms with Crippen LogP contribution in [0.4, 0.5) is 16.1 Å². The van der Waals surface area contributed by atoms with Crippen molar-refractivity contribution in [3.63, 3.8) is 0 Å². The molecule has 3 rings (SSSR count). The first kappa shape index (κ1) is 11.2. The molecule has 1 aliphatic heterocycles. The maximum Gasteiger partial charge on any atom is 0.322 e. The smallest absolute Gasteiger partial charge is 0.322 e. The van der Waals surface area contributed by atoms with Crippen molar-refractivity contribution in [1.29, 1.82) is 0 Å². The van der Waals surface area contributed by atoms with Crippen LogP contribution in [0, 0.1) is 5.82 Å². The van der Waals surface area contributed by atoms with E-state index in [0.717, 1.165) is 24.2 Å². The molecule has 0 spiro atoms. The molecule has 6 heteroatoms. The number of aromatic nitrogens is 2. The number of nitrogens with zero attached hydrogens (tertiary/aromatic N) is 3. The van der Waals surface area contributed by atoms with Crippen molar-refractivity contribution < 1.29 is 8.81 Å². The molecule has 5 nitrogen and oxygen atoms in total. The molecule has 0 fully saturated rings. The van der Waals surface area contributed by atoms with Gasteiger partial charge in [-0.2, -0.15) is 0 Å². The zero-order valence-corrected chi connectivity index (χ0v) is 9.77. The SMILES string of the molecule is NCCc1nnc(N2CCc3ccc(F)cc32)o1. The summed E-state index contributed by atoms with van der Waals surface area (Å²) in [4.78, 5) is 1.84. The maximum absolute atomic E-state index is 13.3. The minimum atomic E-state index is -0.262. The van der Waals surface area contributed by atoms with Gasteiger partial charge < -0.3 is 10.2 Å². The molecule has 18 heavy (non-hydrogen) atoms. The topological polar surface area (TPSA) is 68.2 Å². The Morgan fingerprint density at radius 2 is 2.28 bits per heavy atom. The van der Waals surface area contributed by atoms with Crippen molar-refractivity contribution in [3.05, 3.63) is 35.5 Å². The number of nitrogens with two attached hydrogens (primary N) is 1. The Kier molecular flexibility index (Phi) is 2.71. The lowest BCUT2D eigenvalue weighted by Gasteiger charge is -2.13. The van der Waals surface area contributed by atoms with Gasteiger partial charge in [0.15, 0.2) is 0 Å². The van der Waals surface area contributed by atoms with Gasteiger partial charge in [-0.3, -0.25) is 4.90 Å². The van der Waals surface area contributed by atoms with Crippen LogP contribution in [0.1, 0.15) is 11.5 Å². The quantitative estimate of drug-likeness (QED) is 0.889. The molecule has 0 unspecified atom stereocenters. The Balaban J connectivity index is 1.92. The Morgan fingerprint density at radius 1 is 1.39 bits per heavy atom. The number of halogens is 1. The van der Waals surface area contributed by atoms with Gasteiger partial charge in [-0.15, -0.1) is 5.10 Å². The Labute approximate surface area is 103 Å². The van der Waals surface area contributed by atoms with Crippen LogP contribution in [0.15, 0.2) is 22.6 Å². The van der Waals surface area contributed by atoms with Crippen LogP contribution in [0.3, 0.4) is 0 Å². The number of anilines is 2. The average Bonchev–Trinajstić information content (AvgIpc) is 2.95. The predicted molar refractivity (Wildman–Crippen MR) is 64.2 cm³/mol. The first-order chi connectivity index (χ1) is 8.78. The number of rotatable bonds is 3. The summed E-state index contributed by atoms with van der Waals surface area (Å²) in [6.45, 7) is 1.19. The van der Waals surface area contributed by atoms with Crippen LogP contribution in [-0.4, -0.2) is 23.3 Å². The summed E-state index contributed by atoms with van der Waals surface area (Å²) in [5.41, 5.74) is 7.32. The summed E-state index contributed by atoms with van der Waals surface area (Å²) in [5, 5.41) is 7.89. The second-order valence-electron chi connectivity index (χ2n) is 4.19. The molecule has 0 atom stereocenters. The number of hydrogen-bond donors (Lipinski definition) is 1. The van der Waals surface area contributed by atoms with Crippen LogP contribution in [0.5, 0.6) is 0 Å². The van der Waals surface area contributed by atoms with Crippen molar-refractivity contribution in [1.82, 2.24) is 10.2 Å². The Morgan fingerprint density at radius 3 is 3.11 bits per heavy atom. The zero-order chi connectivity index (χ0) is 12.5. The van der Waals surface area contributed by atoms with Gasteiger partial charge in [0.05, 0.1) is 5.69 Å². The zero-order valence-electron chi connectivity index (χ0n) is 9.77. The van der Waals surface area contributed by atoms with Gasteiger partial charge in [0.1, 0.15) is 5.82 Å². The molecule has 1 aromatic carbocycles. The second-order valence-corrected chi connectivity index (χ2v) is 4.19. The van der Waals surface area contributed by atoms with E-state index in [0.29, 0.717) is 24.9 Å². The van der Waals surface area contributed by atoms with Crippen molar-refractivity contribution >= 4 is 11.7 Å². The Hall–Kier alpha value is -1.95. The molecular weight excluding hydrogens is 235 g/mol. The molecule has 0 amide bonds. The van der Waals surface area contributed by atoms with Gasteiger partial charge in [0.2, 0.25) is 5.89 Å². The van der Waals surface area contributed by atoms with E-state index in [2.05, 4.69) is 10.2 Å². The summed E-state index contributed by atoms with van der Waals surface area (Å²) < 4.78 is 18.8.